The number of benzene rings is 1. The van der Waals surface area contributed by atoms with Gasteiger partial charge in [-0.25, -0.2) is 0 Å². The number of hydrazine groups is 1. The molecule has 1 atom stereocenters. The Hall–Kier alpha value is -2.04. The highest BCUT2D eigenvalue weighted by atomic mass is 16.5. The highest BCUT2D eigenvalue weighted by Crippen LogP contribution is 2.11. The summed E-state index contributed by atoms with van der Waals surface area (Å²) >= 11 is 0. The van der Waals surface area contributed by atoms with Crippen molar-refractivity contribution in [3.63, 3.8) is 0 Å². The Bertz CT molecular complexity index is 460. The van der Waals surface area contributed by atoms with E-state index in [0.717, 1.165) is 18.4 Å². The molecular weight excluding hydrogens is 256 g/mol. The molecule has 0 spiro atoms. The summed E-state index contributed by atoms with van der Waals surface area (Å²) in [7, 11) is 0. The molecule has 5 heteroatoms. The summed E-state index contributed by atoms with van der Waals surface area (Å²) in [5, 5.41) is 0. The Morgan fingerprint density at radius 3 is 2.70 bits per heavy atom. The molecule has 0 radical (unpaired) electrons. The highest BCUT2D eigenvalue weighted by Gasteiger charge is 2.12. The SMILES string of the molecule is CCCC(C)C(=O)NNC(=O)COc1cccc(C)c1. The molecule has 2 N–H and O–H groups in total. The zero-order valence-electron chi connectivity index (χ0n) is 12.2. The molecule has 0 heterocycles. The van der Waals surface area contributed by atoms with E-state index in [1.807, 2.05) is 39.0 Å². The van der Waals surface area contributed by atoms with Crippen LogP contribution in [0.4, 0.5) is 0 Å². The first kappa shape index (κ1) is 16.0. The molecule has 0 aliphatic rings. The van der Waals surface area contributed by atoms with Gasteiger partial charge < -0.3 is 4.74 Å². The van der Waals surface area contributed by atoms with E-state index in [9.17, 15) is 9.59 Å². The van der Waals surface area contributed by atoms with E-state index in [4.69, 9.17) is 4.74 Å². The van der Waals surface area contributed by atoms with Gasteiger partial charge in [0.05, 0.1) is 0 Å². The first-order valence-electron chi connectivity index (χ1n) is 6.81. The topological polar surface area (TPSA) is 67.4 Å². The van der Waals surface area contributed by atoms with Crippen LogP contribution in [0.2, 0.25) is 0 Å². The van der Waals surface area contributed by atoms with Crippen molar-refractivity contribution in [1.29, 1.82) is 0 Å². The maximum atomic E-state index is 11.6. The minimum Gasteiger partial charge on any atom is -0.484 e. The highest BCUT2D eigenvalue weighted by molar-refractivity contribution is 5.83. The van der Waals surface area contributed by atoms with E-state index >= 15 is 0 Å². The fraction of sp³-hybridized carbons (Fsp3) is 0.467. The summed E-state index contributed by atoms with van der Waals surface area (Å²) in [6.45, 7) is 5.65. The van der Waals surface area contributed by atoms with Crippen molar-refractivity contribution < 1.29 is 14.3 Å². The van der Waals surface area contributed by atoms with E-state index in [1.54, 1.807) is 6.07 Å². The quantitative estimate of drug-likeness (QED) is 0.782. The van der Waals surface area contributed by atoms with Gasteiger partial charge in [-0.3, -0.25) is 20.4 Å². The second kappa shape index (κ2) is 8.19. The second-order valence-corrected chi connectivity index (χ2v) is 4.83. The van der Waals surface area contributed by atoms with Crippen molar-refractivity contribution in [2.45, 2.75) is 33.6 Å². The van der Waals surface area contributed by atoms with Gasteiger partial charge >= 0.3 is 0 Å². The largest absolute Gasteiger partial charge is 0.484 e. The molecular formula is C15H22N2O3. The Morgan fingerprint density at radius 2 is 2.05 bits per heavy atom. The van der Waals surface area contributed by atoms with Gasteiger partial charge in [0.15, 0.2) is 6.61 Å². The molecule has 0 aliphatic heterocycles. The average molecular weight is 278 g/mol. The van der Waals surface area contributed by atoms with Crippen molar-refractivity contribution >= 4 is 11.8 Å². The Kier molecular flexibility index (Phi) is 6.56. The van der Waals surface area contributed by atoms with Gasteiger partial charge in [0.25, 0.3) is 5.91 Å². The molecule has 0 saturated carbocycles. The van der Waals surface area contributed by atoms with E-state index in [1.165, 1.54) is 0 Å². The monoisotopic (exact) mass is 278 g/mol. The van der Waals surface area contributed by atoms with Crippen LogP contribution in [-0.4, -0.2) is 18.4 Å². The predicted molar refractivity (Wildman–Crippen MR) is 77.0 cm³/mol. The van der Waals surface area contributed by atoms with E-state index < -0.39 is 0 Å². The molecule has 0 fully saturated rings. The summed E-state index contributed by atoms with van der Waals surface area (Å²) < 4.78 is 5.33. The van der Waals surface area contributed by atoms with Crippen LogP contribution in [0.5, 0.6) is 5.75 Å². The number of hydrogen-bond acceptors (Lipinski definition) is 3. The third-order valence-electron chi connectivity index (χ3n) is 2.85. The lowest BCUT2D eigenvalue weighted by Gasteiger charge is -2.12. The zero-order chi connectivity index (χ0) is 15.0. The summed E-state index contributed by atoms with van der Waals surface area (Å²) in [5.41, 5.74) is 5.80. The van der Waals surface area contributed by atoms with E-state index in [-0.39, 0.29) is 24.3 Å². The molecule has 0 aliphatic carbocycles. The maximum absolute atomic E-state index is 11.6. The van der Waals surface area contributed by atoms with Crippen LogP contribution in [-0.2, 0) is 9.59 Å². The molecule has 0 saturated heterocycles. The van der Waals surface area contributed by atoms with E-state index in [0.29, 0.717) is 5.75 Å². The third-order valence-corrected chi connectivity index (χ3v) is 2.85. The van der Waals surface area contributed by atoms with Gasteiger partial charge in [-0.15, -0.1) is 0 Å². The Labute approximate surface area is 119 Å². The predicted octanol–water partition coefficient (Wildman–Crippen LogP) is 1.96. The molecule has 1 unspecified atom stereocenters. The summed E-state index contributed by atoms with van der Waals surface area (Å²) in [6.07, 6.45) is 1.72. The third kappa shape index (κ3) is 5.73. The molecule has 1 aromatic rings. The van der Waals surface area contributed by atoms with Crippen molar-refractivity contribution in [1.82, 2.24) is 10.9 Å². The molecule has 0 aromatic heterocycles. The smallest absolute Gasteiger partial charge is 0.276 e. The first-order valence-corrected chi connectivity index (χ1v) is 6.81. The van der Waals surface area contributed by atoms with Crippen LogP contribution in [0.3, 0.4) is 0 Å². The lowest BCUT2D eigenvalue weighted by atomic mass is 10.1. The van der Waals surface area contributed by atoms with Crippen molar-refractivity contribution in [3.8, 4) is 5.75 Å². The lowest BCUT2D eigenvalue weighted by molar-refractivity contribution is -0.131. The Morgan fingerprint density at radius 1 is 1.30 bits per heavy atom. The van der Waals surface area contributed by atoms with Gasteiger partial charge in [0.2, 0.25) is 5.91 Å². The van der Waals surface area contributed by atoms with Crippen LogP contribution in [0.1, 0.15) is 32.3 Å². The van der Waals surface area contributed by atoms with Gasteiger partial charge in [-0.05, 0) is 31.0 Å². The standard InChI is InChI=1S/C15H22N2O3/c1-4-6-12(3)15(19)17-16-14(18)10-20-13-8-5-7-11(2)9-13/h5,7-9,12H,4,6,10H2,1-3H3,(H,16,18)(H,17,19). The lowest BCUT2D eigenvalue weighted by Crippen LogP contribution is -2.45. The van der Waals surface area contributed by atoms with Crippen molar-refractivity contribution in [3.05, 3.63) is 29.8 Å². The minimum absolute atomic E-state index is 0.113. The van der Waals surface area contributed by atoms with Gasteiger partial charge in [-0.2, -0.15) is 0 Å². The number of ether oxygens (including phenoxy) is 1. The molecule has 2 amide bonds. The fourth-order valence-electron chi connectivity index (χ4n) is 1.71. The molecule has 20 heavy (non-hydrogen) atoms. The molecule has 1 aromatic carbocycles. The summed E-state index contributed by atoms with van der Waals surface area (Å²) in [4.78, 5) is 23.1. The van der Waals surface area contributed by atoms with Crippen molar-refractivity contribution in [2.75, 3.05) is 6.61 Å². The number of aryl methyl sites for hydroxylation is 1. The normalized spacial score (nSPS) is 11.6. The molecule has 110 valence electrons. The van der Waals surface area contributed by atoms with Crippen LogP contribution in [0.25, 0.3) is 0 Å². The number of amides is 2. The van der Waals surface area contributed by atoms with Gasteiger partial charge in [0.1, 0.15) is 5.75 Å². The number of nitrogens with one attached hydrogen (secondary N) is 2. The number of carbonyl (C=O) groups is 2. The molecule has 0 bridgehead atoms. The summed E-state index contributed by atoms with van der Waals surface area (Å²) in [6, 6.07) is 7.43. The maximum Gasteiger partial charge on any atom is 0.276 e. The minimum atomic E-state index is -0.386. The van der Waals surface area contributed by atoms with Crippen molar-refractivity contribution in [2.24, 2.45) is 5.92 Å². The van der Waals surface area contributed by atoms with Crippen LogP contribution >= 0.6 is 0 Å². The summed E-state index contributed by atoms with van der Waals surface area (Å²) in [5.74, 6) is -0.0527. The Balaban J connectivity index is 2.29. The number of rotatable bonds is 6. The molecule has 1 rings (SSSR count). The number of hydrogen-bond donors (Lipinski definition) is 2. The first-order chi connectivity index (χ1) is 9.52. The number of carbonyl (C=O) groups excluding carboxylic acids is 2. The van der Waals surface area contributed by atoms with E-state index in [2.05, 4.69) is 10.9 Å². The second-order valence-electron chi connectivity index (χ2n) is 4.83. The zero-order valence-corrected chi connectivity index (χ0v) is 12.2. The van der Waals surface area contributed by atoms with Crippen LogP contribution in [0, 0.1) is 12.8 Å². The van der Waals surface area contributed by atoms with Gasteiger partial charge in [-0.1, -0.05) is 32.4 Å². The van der Waals surface area contributed by atoms with Gasteiger partial charge in [0, 0.05) is 5.92 Å². The average Bonchev–Trinajstić information content (AvgIpc) is 2.42. The van der Waals surface area contributed by atoms with Crippen LogP contribution < -0.4 is 15.6 Å². The molecule has 5 nitrogen and oxygen atoms in total. The fourth-order valence-corrected chi connectivity index (χ4v) is 1.71. The van der Waals surface area contributed by atoms with Crippen LogP contribution in [0.15, 0.2) is 24.3 Å².